The summed E-state index contributed by atoms with van der Waals surface area (Å²) in [6.45, 7) is -0.316. The molecule has 1 atom stereocenters. The number of alkyl halides is 2. The molecule has 100 valence electrons. The summed E-state index contributed by atoms with van der Waals surface area (Å²) in [6.07, 6.45) is -1.04. The predicted octanol–water partition coefficient (Wildman–Crippen LogP) is 2.90. The molecule has 2 nitrogen and oxygen atoms in total. The number of nitrogens with one attached hydrogen (secondary N) is 1. The molecular formula is C13H16F3NO. The van der Waals surface area contributed by atoms with E-state index in [-0.39, 0.29) is 0 Å². The summed E-state index contributed by atoms with van der Waals surface area (Å²) in [7, 11) is 0. The summed E-state index contributed by atoms with van der Waals surface area (Å²) in [4.78, 5) is 0. The zero-order valence-electron chi connectivity index (χ0n) is 9.91. The summed E-state index contributed by atoms with van der Waals surface area (Å²) in [6, 6.07) is 6.55. The van der Waals surface area contributed by atoms with Crippen molar-refractivity contribution in [2.45, 2.75) is 31.4 Å². The minimum absolute atomic E-state index is 0.325. The molecule has 1 unspecified atom stereocenters. The van der Waals surface area contributed by atoms with Crippen molar-refractivity contribution in [3.05, 3.63) is 35.6 Å². The molecule has 0 amide bonds. The zero-order valence-corrected chi connectivity index (χ0v) is 9.91. The van der Waals surface area contributed by atoms with Crippen LogP contribution in [0.15, 0.2) is 24.3 Å². The highest BCUT2D eigenvalue weighted by Gasteiger charge is 2.24. The van der Waals surface area contributed by atoms with Gasteiger partial charge in [0.05, 0.1) is 6.10 Å². The molecular weight excluding hydrogens is 243 g/mol. The van der Waals surface area contributed by atoms with Gasteiger partial charge in [0.15, 0.2) is 0 Å². The van der Waals surface area contributed by atoms with Crippen molar-refractivity contribution in [1.82, 2.24) is 5.32 Å². The highest BCUT2D eigenvalue weighted by atomic mass is 19.3. The average molecular weight is 259 g/mol. The fourth-order valence-corrected chi connectivity index (χ4v) is 1.74. The van der Waals surface area contributed by atoms with Crippen LogP contribution in [0.4, 0.5) is 13.2 Å². The van der Waals surface area contributed by atoms with Gasteiger partial charge in [-0.1, -0.05) is 18.2 Å². The molecule has 18 heavy (non-hydrogen) atoms. The van der Waals surface area contributed by atoms with Gasteiger partial charge < -0.3 is 10.1 Å². The van der Waals surface area contributed by atoms with E-state index in [9.17, 15) is 13.2 Å². The lowest BCUT2D eigenvalue weighted by atomic mass is 10.1. The van der Waals surface area contributed by atoms with Gasteiger partial charge in [-0.25, -0.2) is 13.2 Å². The molecule has 0 radical (unpaired) electrons. The normalized spacial score (nSPS) is 17.1. The van der Waals surface area contributed by atoms with E-state index >= 15 is 0 Å². The van der Waals surface area contributed by atoms with E-state index in [1.807, 2.05) is 0 Å². The maximum atomic E-state index is 13.6. The second-order valence-corrected chi connectivity index (χ2v) is 4.42. The van der Waals surface area contributed by atoms with Crippen LogP contribution in [0.5, 0.6) is 0 Å². The molecule has 0 aliphatic heterocycles. The quantitative estimate of drug-likeness (QED) is 0.813. The Balaban J connectivity index is 1.99. The van der Waals surface area contributed by atoms with Gasteiger partial charge in [-0.05, 0) is 18.9 Å². The molecule has 5 heteroatoms. The fourth-order valence-electron chi connectivity index (χ4n) is 1.74. The van der Waals surface area contributed by atoms with E-state index in [0.29, 0.717) is 18.2 Å². The van der Waals surface area contributed by atoms with Crippen LogP contribution in [0, 0.1) is 5.82 Å². The van der Waals surface area contributed by atoms with E-state index in [1.165, 1.54) is 6.07 Å². The largest absolute Gasteiger partial charge is 0.366 e. The van der Waals surface area contributed by atoms with Gasteiger partial charge >= 0.3 is 0 Å². The Labute approximate surface area is 104 Å². The Morgan fingerprint density at radius 2 is 2.00 bits per heavy atom. The lowest BCUT2D eigenvalue weighted by molar-refractivity contribution is -0.0259. The topological polar surface area (TPSA) is 21.3 Å². The molecule has 1 saturated carbocycles. The van der Waals surface area contributed by atoms with Gasteiger partial charge in [0.2, 0.25) is 0 Å². The van der Waals surface area contributed by atoms with Crippen molar-refractivity contribution in [1.29, 1.82) is 0 Å². The Morgan fingerprint density at radius 3 is 2.61 bits per heavy atom. The molecule has 0 saturated heterocycles. The lowest BCUT2D eigenvalue weighted by Gasteiger charge is -2.19. The van der Waals surface area contributed by atoms with Crippen LogP contribution in [-0.4, -0.2) is 25.6 Å². The monoisotopic (exact) mass is 259 g/mol. The summed E-state index contributed by atoms with van der Waals surface area (Å²) < 4.78 is 43.1. The van der Waals surface area contributed by atoms with Crippen molar-refractivity contribution in [2.24, 2.45) is 0 Å². The average Bonchev–Trinajstić information content (AvgIpc) is 3.14. The van der Waals surface area contributed by atoms with Crippen molar-refractivity contribution < 1.29 is 17.9 Å². The second-order valence-electron chi connectivity index (χ2n) is 4.42. The molecule has 0 heterocycles. The molecule has 0 aromatic heterocycles. The van der Waals surface area contributed by atoms with Crippen LogP contribution < -0.4 is 5.32 Å². The van der Waals surface area contributed by atoms with Crippen LogP contribution >= 0.6 is 0 Å². The molecule has 1 aliphatic carbocycles. The molecule has 1 aromatic rings. The number of hydrogen-bond acceptors (Lipinski definition) is 2. The summed E-state index contributed by atoms with van der Waals surface area (Å²) >= 11 is 0. The third kappa shape index (κ3) is 3.99. The van der Waals surface area contributed by atoms with Gasteiger partial charge in [-0.15, -0.1) is 0 Å². The summed E-state index contributed by atoms with van der Waals surface area (Å²) in [5.41, 5.74) is 0.325. The predicted molar refractivity (Wildman–Crippen MR) is 62.1 cm³/mol. The van der Waals surface area contributed by atoms with Crippen LogP contribution in [0.25, 0.3) is 0 Å². The molecule has 0 spiro atoms. The number of rotatable bonds is 7. The molecule has 1 fully saturated rings. The van der Waals surface area contributed by atoms with Crippen LogP contribution in [0.1, 0.15) is 24.5 Å². The fraction of sp³-hybridized carbons (Fsp3) is 0.538. The number of ether oxygens (including phenoxy) is 1. The summed E-state index contributed by atoms with van der Waals surface area (Å²) in [5, 5.41) is 3.17. The maximum absolute atomic E-state index is 13.6. The lowest BCUT2D eigenvalue weighted by Crippen LogP contribution is -2.27. The Kier molecular flexibility index (Phi) is 4.60. The van der Waals surface area contributed by atoms with Crippen molar-refractivity contribution in [3.63, 3.8) is 0 Å². The smallest absolute Gasteiger partial charge is 0.261 e. The molecule has 1 N–H and O–H groups in total. The van der Waals surface area contributed by atoms with Crippen LogP contribution in [0.2, 0.25) is 0 Å². The van der Waals surface area contributed by atoms with Crippen LogP contribution in [-0.2, 0) is 4.74 Å². The highest BCUT2D eigenvalue weighted by Crippen LogP contribution is 2.24. The highest BCUT2D eigenvalue weighted by molar-refractivity contribution is 5.20. The van der Waals surface area contributed by atoms with Crippen molar-refractivity contribution in [3.8, 4) is 0 Å². The van der Waals surface area contributed by atoms with Gasteiger partial charge in [-0.3, -0.25) is 0 Å². The number of benzene rings is 1. The molecule has 1 aliphatic rings. The zero-order chi connectivity index (χ0) is 13.0. The minimum atomic E-state index is -2.54. The van der Waals surface area contributed by atoms with Gasteiger partial charge in [-0.2, -0.15) is 0 Å². The number of halogens is 3. The van der Waals surface area contributed by atoms with E-state index in [0.717, 1.165) is 12.8 Å². The first-order valence-corrected chi connectivity index (χ1v) is 6.04. The Hall–Kier alpha value is -1.07. The summed E-state index contributed by atoms with van der Waals surface area (Å²) in [5.74, 6) is -0.422. The minimum Gasteiger partial charge on any atom is -0.366 e. The van der Waals surface area contributed by atoms with E-state index in [2.05, 4.69) is 5.32 Å². The number of hydrogen-bond donors (Lipinski definition) is 1. The van der Waals surface area contributed by atoms with Gasteiger partial charge in [0, 0.05) is 18.2 Å². The van der Waals surface area contributed by atoms with E-state index in [4.69, 9.17) is 4.74 Å². The van der Waals surface area contributed by atoms with Gasteiger partial charge in [0.1, 0.15) is 12.4 Å². The SMILES string of the molecule is Fc1ccccc1C(CNC1CC1)OCC(F)F. The third-order valence-corrected chi connectivity index (χ3v) is 2.84. The first-order valence-electron chi connectivity index (χ1n) is 6.04. The first kappa shape index (κ1) is 13.4. The molecule has 2 rings (SSSR count). The van der Waals surface area contributed by atoms with Crippen LogP contribution in [0.3, 0.4) is 0 Å². The van der Waals surface area contributed by atoms with Crippen molar-refractivity contribution in [2.75, 3.05) is 13.2 Å². The van der Waals surface area contributed by atoms with E-state index in [1.54, 1.807) is 18.2 Å². The molecule has 1 aromatic carbocycles. The van der Waals surface area contributed by atoms with E-state index < -0.39 is 25.0 Å². The van der Waals surface area contributed by atoms with Crippen molar-refractivity contribution >= 4 is 0 Å². The first-order chi connectivity index (χ1) is 8.66. The standard InChI is InChI=1S/C13H16F3NO/c14-11-4-2-1-3-10(11)12(18-8-13(15)16)7-17-9-5-6-9/h1-4,9,12-13,17H,5-8H2. The second kappa shape index (κ2) is 6.20. The Bertz CT molecular complexity index is 376. The molecule has 0 bridgehead atoms. The third-order valence-electron chi connectivity index (χ3n) is 2.84. The van der Waals surface area contributed by atoms with Gasteiger partial charge in [0.25, 0.3) is 6.43 Å². The maximum Gasteiger partial charge on any atom is 0.261 e. The Morgan fingerprint density at radius 1 is 1.28 bits per heavy atom.